The van der Waals surface area contributed by atoms with E-state index >= 15 is 0 Å². The Balaban J connectivity index is 2.54. The van der Waals surface area contributed by atoms with Crippen LogP contribution >= 0.6 is 22.6 Å². The van der Waals surface area contributed by atoms with E-state index in [0.717, 1.165) is 3.57 Å². The van der Waals surface area contributed by atoms with E-state index in [4.69, 9.17) is 4.74 Å². The van der Waals surface area contributed by atoms with E-state index in [1.807, 2.05) is 0 Å². The molecule has 0 saturated heterocycles. The predicted octanol–water partition coefficient (Wildman–Crippen LogP) is 2.53. The third kappa shape index (κ3) is 4.03. The minimum atomic E-state index is -2.06. The molecule has 5 heteroatoms. The molecule has 1 aromatic carbocycles. The van der Waals surface area contributed by atoms with Gasteiger partial charge >= 0.3 is 12.3 Å². The van der Waals surface area contributed by atoms with Gasteiger partial charge in [0, 0.05) is 3.57 Å². The van der Waals surface area contributed by atoms with Crippen molar-refractivity contribution in [3.05, 3.63) is 27.8 Å². The van der Waals surface area contributed by atoms with Crippen molar-refractivity contribution in [2.45, 2.75) is 13.3 Å². The highest BCUT2D eigenvalue weighted by Crippen LogP contribution is 2.15. The van der Waals surface area contributed by atoms with Crippen molar-refractivity contribution in [2.24, 2.45) is 0 Å². The summed E-state index contributed by atoms with van der Waals surface area (Å²) in [5.74, 6) is -0.702. The van der Waals surface area contributed by atoms with E-state index in [0.29, 0.717) is 5.75 Å². The van der Waals surface area contributed by atoms with Crippen LogP contribution in [0.2, 0.25) is 0 Å². The lowest BCUT2D eigenvalue weighted by molar-refractivity contribution is -0.159. The SMILES string of the molecule is CCOC(=O)C(F)Oc1ccc(I)cc1. The van der Waals surface area contributed by atoms with Gasteiger partial charge in [-0.3, -0.25) is 0 Å². The summed E-state index contributed by atoms with van der Waals surface area (Å²) in [6.07, 6.45) is -2.06. The summed E-state index contributed by atoms with van der Waals surface area (Å²) in [4.78, 5) is 10.9. The third-order valence-electron chi connectivity index (χ3n) is 1.53. The molecule has 0 fully saturated rings. The summed E-state index contributed by atoms with van der Waals surface area (Å²) < 4.78 is 23.3. The molecule has 1 unspecified atom stereocenters. The van der Waals surface area contributed by atoms with Gasteiger partial charge in [0.15, 0.2) is 0 Å². The lowest BCUT2D eigenvalue weighted by Gasteiger charge is -2.09. The first kappa shape index (κ1) is 12.2. The van der Waals surface area contributed by atoms with Gasteiger partial charge in [-0.25, -0.2) is 4.79 Å². The second kappa shape index (κ2) is 5.89. The number of hydrogen-bond donors (Lipinski definition) is 0. The second-order valence-electron chi connectivity index (χ2n) is 2.64. The van der Waals surface area contributed by atoms with E-state index < -0.39 is 12.3 Å². The van der Waals surface area contributed by atoms with Crippen LogP contribution in [0.1, 0.15) is 6.92 Å². The Morgan fingerprint density at radius 1 is 1.47 bits per heavy atom. The standard InChI is InChI=1S/C10H10FIO3/c1-2-14-10(13)9(11)15-8-5-3-7(12)4-6-8/h3-6,9H,2H2,1H3. The Hall–Kier alpha value is -0.850. The zero-order valence-corrected chi connectivity index (χ0v) is 10.2. The van der Waals surface area contributed by atoms with Gasteiger partial charge in [0.25, 0.3) is 0 Å². The molecule has 0 spiro atoms. The van der Waals surface area contributed by atoms with Gasteiger partial charge in [0.05, 0.1) is 6.61 Å². The number of alkyl halides is 1. The molecule has 0 amide bonds. The molecule has 0 saturated carbocycles. The summed E-state index contributed by atoms with van der Waals surface area (Å²) in [6, 6.07) is 6.70. The number of ether oxygens (including phenoxy) is 2. The van der Waals surface area contributed by atoms with Crippen molar-refractivity contribution in [2.75, 3.05) is 6.61 Å². The van der Waals surface area contributed by atoms with E-state index in [1.54, 1.807) is 31.2 Å². The lowest BCUT2D eigenvalue weighted by Crippen LogP contribution is -2.24. The number of benzene rings is 1. The minimum absolute atomic E-state index is 0.134. The van der Waals surface area contributed by atoms with E-state index in [2.05, 4.69) is 27.3 Å². The highest BCUT2D eigenvalue weighted by atomic mass is 127. The molecule has 1 rings (SSSR count). The van der Waals surface area contributed by atoms with Crippen molar-refractivity contribution < 1.29 is 18.7 Å². The Labute approximate surface area is 101 Å². The van der Waals surface area contributed by atoms with Crippen molar-refractivity contribution in [3.63, 3.8) is 0 Å². The van der Waals surface area contributed by atoms with Gasteiger partial charge in [0.1, 0.15) is 5.75 Å². The fourth-order valence-corrected chi connectivity index (χ4v) is 1.25. The van der Waals surface area contributed by atoms with Gasteiger partial charge in [-0.1, -0.05) is 0 Å². The predicted molar refractivity (Wildman–Crippen MR) is 61.3 cm³/mol. The molecule has 0 heterocycles. The van der Waals surface area contributed by atoms with Crippen LogP contribution in [0.25, 0.3) is 0 Å². The molecule has 0 aliphatic rings. The largest absolute Gasteiger partial charge is 0.461 e. The lowest BCUT2D eigenvalue weighted by atomic mass is 10.3. The number of rotatable bonds is 4. The summed E-state index contributed by atoms with van der Waals surface area (Å²) in [6.45, 7) is 1.74. The number of carbonyl (C=O) groups is 1. The number of hydrogen-bond acceptors (Lipinski definition) is 3. The molecule has 0 N–H and O–H groups in total. The number of esters is 1. The third-order valence-corrected chi connectivity index (χ3v) is 2.24. The van der Waals surface area contributed by atoms with Crippen LogP contribution in [0.4, 0.5) is 4.39 Å². The quantitative estimate of drug-likeness (QED) is 0.631. The smallest absolute Gasteiger partial charge is 0.381 e. The second-order valence-corrected chi connectivity index (χ2v) is 3.89. The summed E-state index contributed by atoms with van der Waals surface area (Å²) in [5, 5.41) is 0. The maximum Gasteiger partial charge on any atom is 0.381 e. The molecule has 0 radical (unpaired) electrons. The summed E-state index contributed by atoms with van der Waals surface area (Å²) >= 11 is 2.12. The maximum absolute atomic E-state index is 13.1. The minimum Gasteiger partial charge on any atom is -0.461 e. The van der Waals surface area contributed by atoms with Crippen LogP contribution in [0.15, 0.2) is 24.3 Å². The molecule has 3 nitrogen and oxygen atoms in total. The van der Waals surface area contributed by atoms with E-state index in [1.165, 1.54) is 0 Å². The summed E-state index contributed by atoms with van der Waals surface area (Å²) in [5.41, 5.74) is 0. The molecule has 0 bridgehead atoms. The molecule has 1 atom stereocenters. The van der Waals surface area contributed by atoms with E-state index in [9.17, 15) is 9.18 Å². The van der Waals surface area contributed by atoms with Crippen molar-refractivity contribution in [3.8, 4) is 5.75 Å². The fourth-order valence-electron chi connectivity index (χ4n) is 0.889. The van der Waals surface area contributed by atoms with Gasteiger partial charge in [-0.2, -0.15) is 4.39 Å². The maximum atomic E-state index is 13.1. The first-order valence-electron chi connectivity index (χ1n) is 4.36. The van der Waals surface area contributed by atoms with Crippen molar-refractivity contribution in [1.82, 2.24) is 0 Å². The van der Waals surface area contributed by atoms with Crippen LogP contribution in [0, 0.1) is 3.57 Å². The number of carbonyl (C=O) groups excluding carboxylic acids is 1. The van der Waals surface area contributed by atoms with E-state index in [-0.39, 0.29) is 6.61 Å². The molecule has 15 heavy (non-hydrogen) atoms. The average molecular weight is 324 g/mol. The van der Waals surface area contributed by atoms with Crippen molar-refractivity contribution in [1.29, 1.82) is 0 Å². The monoisotopic (exact) mass is 324 g/mol. The van der Waals surface area contributed by atoms with Crippen LogP contribution in [-0.2, 0) is 9.53 Å². The molecule has 0 aromatic heterocycles. The van der Waals surface area contributed by atoms with Crippen LogP contribution in [0.3, 0.4) is 0 Å². The topological polar surface area (TPSA) is 35.5 Å². The summed E-state index contributed by atoms with van der Waals surface area (Å²) in [7, 11) is 0. The Morgan fingerprint density at radius 3 is 2.60 bits per heavy atom. The van der Waals surface area contributed by atoms with Gasteiger partial charge < -0.3 is 9.47 Å². The Bertz CT molecular complexity index is 326. The van der Waals surface area contributed by atoms with Crippen molar-refractivity contribution >= 4 is 28.6 Å². The average Bonchev–Trinajstić information content (AvgIpc) is 2.22. The number of halogens is 2. The Morgan fingerprint density at radius 2 is 2.07 bits per heavy atom. The molecular formula is C10H10FIO3. The van der Waals surface area contributed by atoms with Gasteiger partial charge in [0.2, 0.25) is 0 Å². The highest BCUT2D eigenvalue weighted by molar-refractivity contribution is 14.1. The highest BCUT2D eigenvalue weighted by Gasteiger charge is 2.19. The van der Waals surface area contributed by atoms with Crippen LogP contribution in [-0.4, -0.2) is 18.9 Å². The molecule has 0 aliphatic heterocycles. The molecule has 0 aliphatic carbocycles. The van der Waals surface area contributed by atoms with Crippen LogP contribution in [0.5, 0.6) is 5.75 Å². The fraction of sp³-hybridized carbons (Fsp3) is 0.300. The Kier molecular flexibility index (Phi) is 4.80. The molecular weight excluding hydrogens is 314 g/mol. The first-order chi connectivity index (χ1) is 7.13. The zero-order valence-electron chi connectivity index (χ0n) is 8.07. The van der Waals surface area contributed by atoms with Gasteiger partial charge in [-0.05, 0) is 53.8 Å². The zero-order chi connectivity index (χ0) is 11.3. The van der Waals surface area contributed by atoms with Gasteiger partial charge in [-0.15, -0.1) is 0 Å². The molecule has 1 aromatic rings. The molecule has 82 valence electrons. The first-order valence-corrected chi connectivity index (χ1v) is 5.44. The normalized spacial score (nSPS) is 11.9. The van der Waals surface area contributed by atoms with Crippen LogP contribution < -0.4 is 4.74 Å².